The SMILES string of the molecule is CO[Si](CCCNCCCCCCCCCCCCCCCCCC(C)(C)C)(OC)OC.Cl. The summed E-state index contributed by atoms with van der Waals surface area (Å²) in [5.74, 6) is 0. The second-order valence-electron chi connectivity index (χ2n) is 10.8. The van der Waals surface area contributed by atoms with Gasteiger partial charge in [0.05, 0.1) is 0 Å². The van der Waals surface area contributed by atoms with E-state index in [1.165, 1.54) is 103 Å². The van der Waals surface area contributed by atoms with E-state index in [9.17, 15) is 0 Å². The lowest BCUT2D eigenvalue weighted by atomic mass is 9.89. The van der Waals surface area contributed by atoms with Crippen molar-refractivity contribution in [2.75, 3.05) is 34.4 Å². The highest BCUT2D eigenvalue weighted by molar-refractivity contribution is 6.60. The molecule has 0 spiro atoms. The number of hydrogen-bond acceptors (Lipinski definition) is 4. The number of unbranched alkanes of at least 4 members (excludes halogenated alkanes) is 14. The van der Waals surface area contributed by atoms with Gasteiger partial charge in [-0.15, -0.1) is 12.4 Å². The standard InChI is InChI=1S/C27H59NO3Si.ClH/c1-27(2,3)23-20-18-16-14-12-10-8-7-9-11-13-15-17-19-21-24-28-25-22-26-32(29-4,30-5)31-6;/h28H,7-26H2,1-6H3;1H. The third kappa shape index (κ3) is 23.8. The zero-order valence-electron chi connectivity index (χ0n) is 23.3. The first kappa shape index (κ1) is 35.5. The molecule has 0 amide bonds. The summed E-state index contributed by atoms with van der Waals surface area (Å²) in [6, 6.07) is 0.876. The van der Waals surface area contributed by atoms with Crippen LogP contribution in [0.25, 0.3) is 0 Å². The Kier molecular flexibility index (Phi) is 25.9. The first-order valence-corrected chi connectivity index (χ1v) is 15.7. The molecule has 0 aliphatic carbocycles. The zero-order valence-corrected chi connectivity index (χ0v) is 25.1. The maximum absolute atomic E-state index is 5.45. The highest BCUT2D eigenvalue weighted by Crippen LogP contribution is 2.22. The second-order valence-corrected chi connectivity index (χ2v) is 13.9. The summed E-state index contributed by atoms with van der Waals surface area (Å²) in [5, 5.41) is 3.54. The van der Waals surface area contributed by atoms with Crippen molar-refractivity contribution in [1.82, 2.24) is 5.32 Å². The van der Waals surface area contributed by atoms with Crippen LogP contribution in [-0.4, -0.2) is 43.2 Å². The third-order valence-corrected chi connectivity index (χ3v) is 9.38. The van der Waals surface area contributed by atoms with Crippen molar-refractivity contribution in [1.29, 1.82) is 0 Å². The zero-order chi connectivity index (χ0) is 24.0. The fourth-order valence-corrected chi connectivity index (χ4v) is 6.04. The van der Waals surface area contributed by atoms with Crippen molar-refractivity contribution in [3.05, 3.63) is 0 Å². The lowest BCUT2D eigenvalue weighted by molar-refractivity contribution is 0.123. The van der Waals surface area contributed by atoms with Crippen LogP contribution in [0.4, 0.5) is 0 Å². The molecule has 0 fully saturated rings. The Morgan fingerprint density at radius 1 is 0.515 bits per heavy atom. The fourth-order valence-electron chi connectivity index (χ4n) is 4.31. The molecule has 0 aliphatic rings. The van der Waals surface area contributed by atoms with E-state index in [1.54, 1.807) is 21.3 Å². The van der Waals surface area contributed by atoms with Crippen LogP contribution in [0.5, 0.6) is 0 Å². The Hall–Kier alpha value is 0.347. The molecule has 202 valence electrons. The summed E-state index contributed by atoms with van der Waals surface area (Å²) in [6.45, 7) is 9.21. The van der Waals surface area contributed by atoms with Crippen molar-refractivity contribution in [3.8, 4) is 0 Å². The van der Waals surface area contributed by atoms with Crippen LogP contribution in [0.2, 0.25) is 6.04 Å². The van der Waals surface area contributed by atoms with E-state index in [0.717, 1.165) is 25.6 Å². The summed E-state index contributed by atoms with van der Waals surface area (Å²) in [4.78, 5) is 0. The molecule has 1 N–H and O–H groups in total. The van der Waals surface area contributed by atoms with Crippen LogP contribution < -0.4 is 5.32 Å². The Morgan fingerprint density at radius 2 is 0.848 bits per heavy atom. The van der Waals surface area contributed by atoms with E-state index in [2.05, 4.69) is 26.1 Å². The van der Waals surface area contributed by atoms with Crippen LogP contribution in [0.15, 0.2) is 0 Å². The summed E-state index contributed by atoms with van der Waals surface area (Å²) in [6.07, 6.45) is 23.8. The number of halogens is 1. The van der Waals surface area contributed by atoms with Gasteiger partial charge >= 0.3 is 8.80 Å². The van der Waals surface area contributed by atoms with E-state index < -0.39 is 8.80 Å². The van der Waals surface area contributed by atoms with Gasteiger partial charge in [0, 0.05) is 27.4 Å². The Morgan fingerprint density at radius 3 is 1.21 bits per heavy atom. The van der Waals surface area contributed by atoms with Gasteiger partial charge in [0.2, 0.25) is 0 Å². The monoisotopic (exact) mass is 509 g/mol. The van der Waals surface area contributed by atoms with Gasteiger partial charge in [-0.05, 0) is 37.8 Å². The quantitative estimate of drug-likeness (QED) is 0.104. The van der Waals surface area contributed by atoms with Gasteiger partial charge in [-0.1, -0.05) is 111 Å². The molecular formula is C27H60ClNO3Si. The highest BCUT2D eigenvalue weighted by Gasteiger charge is 2.36. The first-order valence-electron chi connectivity index (χ1n) is 13.8. The molecule has 0 aromatic heterocycles. The van der Waals surface area contributed by atoms with Crippen LogP contribution in [0.3, 0.4) is 0 Å². The molecule has 0 unspecified atom stereocenters. The first-order chi connectivity index (χ1) is 15.4. The molecule has 0 heterocycles. The maximum Gasteiger partial charge on any atom is 0.500 e. The average Bonchev–Trinajstić information content (AvgIpc) is 2.77. The number of rotatable bonds is 24. The maximum atomic E-state index is 5.45. The van der Waals surface area contributed by atoms with Gasteiger partial charge in [-0.25, -0.2) is 0 Å². The van der Waals surface area contributed by atoms with Gasteiger partial charge in [0.25, 0.3) is 0 Å². The van der Waals surface area contributed by atoms with Gasteiger partial charge in [-0.3, -0.25) is 0 Å². The normalized spacial score (nSPS) is 12.2. The minimum absolute atomic E-state index is 0. The smallest absolute Gasteiger partial charge is 0.377 e. The molecule has 0 saturated carbocycles. The van der Waals surface area contributed by atoms with Gasteiger partial charge in [0.15, 0.2) is 0 Å². The van der Waals surface area contributed by atoms with Crippen LogP contribution in [-0.2, 0) is 13.3 Å². The van der Waals surface area contributed by atoms with Crippen molar-refractivity contribution in [3.63, 3.8) is 0 Å². The van der Waals surface area contributed by atoms with E-state index in [1.807, 2.05) is 0 Å². The molecule has 0 aromatic rings. The molecule has 6 heteroatoms. The van der Waals surface area contributed by atoms with Crippen molar-refractivity contribution < 1.29 is 13.3 Å². The van der Waals surface area contributed by atoms with Crippen molar-refractivity contribution in [2.24, 2.45) is 5.41 Å². The van der Waals surface area contributed by atoms with Crippen LogP contribution in [0.1, 0.15) is 130 Å². The van der Waals surface area contributed by atoms with Crippen molar-refractivity contribution >= 4 is 21.2 Å². The summed E-state index contributed by atoms with van der Waals surface area (Å²) in [5.41, 5.74) is 0.520. The summed E-state index contributed by atoms with van der Waals surface area (Å²) in [7, 11) is 2.68. The van der Waals surface area contributed by atoms with E-state index in [-0.39, 0.29) is 12.4 Å². The largest absolute Gasteiger partial charge is 0.500 e. The summed E-state index contributed by atoms with van der Waals surface area (Å²) >= 11 is 0. The molecule has 0 rings (SSSR count). The minimum Gasteiger partial charge on any atom is -0.377 e. The van der Waals surface area contributed by atoms with Crippen molar-refractivity contribution in [2.45, 2.75) is 136 Å². The minimum atomic E-state index is -2.38. The molecule has 0 radical (unpaired) electrons. The number of hydrogen-bond donors (Lipinski definition) is 1. The summed E-state index contributed by atoms with van der Waals surface area (Å²) < 4.78 is 16.4. The molecule has 0 atom stereocenters. The molecule has 4 nitrogen and oxygen atoms in total. The average molecular weight is 510 g/mol. The Labute approximate surface area is 215 Å². The Bertz CT molecular complexity index is 382. The molecule has 0 aliphatic heterocycles. The van der Waals surface area contributed by atoms with E-state index in [4.69, 9.17) is 13.3 Å². The topological polar surface area (TPSA) is 39.7 Å². The molecule has 0 saturated heterocycles. The molecular weight excluding hydrogens is 450 g/mol. The third-order valence-electron chi connectivity index (χ3n) is 6.55. The fraction of sp³-hybridized carbons (Fsp3) is 1.00. The lowest BCUT2D eigenvalue weighted by Gasteiger charge is -2.24. The molecule has 33 heavy (non-hydrogen) atoms. The van der Waals surface area contributed by atoms with E-state index in [0.29, 0.717) is 5.41 Å². The van der Waals surface area contributed by atoms with Gasteiger partial charge < -0.3 is 18.6 Å². The number of nitrogens with one attached hydrogen (secondary N) is 1. The van der Waals surface area contributed by atoms with E-state index >= 15 is 0 Å². The predicted molar refractivity (Wildman–Crippen MR) is 150 cm³/mol. The molecule has 0 bridgehead atoms. The predicted octanol–water partition coefficient (Wildman–Crippen LogP) is 8.55. The van der Waals surface area contributed by atoms with Gasteiger partial charge in [-0.2, -0.15) is 0 Å². The Balaban J connectivity index is 0. The molecule has 0 aromatic carbocycles. The van der Waals surface area contributed by atoms with Crippen LogP contribution in [0, 0.1) is 5.41 Å². The highest BCUT2D eigenvalue weighted by atomic mass is 35.5. The second kappa shape index (κ2) is 24.1. The lowest BCUT2D eigenvalue weighted by Crippen LogP contribution is -2.43. The van der Waals surface area contributed by atoms with Crippen LogP contribution >= 0.6 is 12.4 Å². The van der Waals surface area contributed by atoms with Gasteiger partial charge in [0.1, 0.15) is 0 Å².